The molecule has 1 aliphatic carbocycles. The van der Waals surface area contributed by atoms with E-state index < -0.39 is 0 Å². The van der Waals surface area contributed by atoms with E-state index in [1.165, 1.54) is 27.8 Å². The van der Waals surface area contributed by atoms with Gasteiger partial charge in [-0.2, -0.15) is 0 Å². The normalized spacial score (nSPS) is 19.0. The summed E-state index contributed by atoms with van der Waals surface area (Å²) in [6.45, 7) is 0. The first-order valence-electron chi connectivity index (χ1n) is 9.67. The van der Waals surface area contributed by atoms with Crippen LogP contribution in [0.5, 0.6) is 0 Å². The summed E-state index contributed by atoms with van der Waals surface area (Å²) in [6, 6.07) is 42.1. The van der Waals surface area contributed by atoms with Crippen LogP contribution in [0, 0.1) is 0 Å². The zero-order valence-corrected chi connectivity index (χ0v) is 15.2. The van der Waals surface area contributed by atoms with E-state index in [2.05, 4.69) is 115 Å². The van der Waals surface area contributed by atoms with Crippen molar-refractivity contribution in [1.29, 1.82) is 0 Å². The van der Waals surface area contributed by atoms with E-state index in [9.17, 15) is 0 Å². The highest BCUT2D eigenvalue weighted by Crippen LogP contribution is 2.56. The molecular formula is C27H22. The van der Waals surface area contributed by atoms with Crippen LogP contribution in [-0.4, -0.2) is 0 Å². The molecule has 5 rings (SSSR count). The van der Waals surface area contributed by atoms with Crippen molar-refractivity contribution in [2.45, 2.75) is 17.8 Å². The van der Waals surface area contributed by atoms with Crippen LogP contribution in [0.1, 0.15) is 45.6 Å². The maximum Gasteiger partial charge on any atom is 0.0170 e. The first kappa shape index (κ1) is 16.1. The summed E-state index contributed by atoms with van der Waals surface area (Å²) in [6.07, 6.45) is 0. The van der Waals surface area contributed by atoms with E-state index in [0.717, 1.165) is 0 Å². The highest BCUT2D eigenvalue weighted by molar-refractivity contribution is 5.55. The fraction of sp³-hybridized carbons (Fsp3) is 0.111. The highest BCUT2D eigenvalue weighted by atomic mass is 14.4. The molecule has 130 valence electrons. The van der Waals surface area contributed by atoms with Gasteiger partial charge in [-0.25, -0.2) is 0 Å². The van der Waals surface area contributed by atoms with Gasteiger partial charge in [-0.15, -0.1) is 0 Å². The molecule has 4 aromatic rings. The first-order chi connectivity index (χ1) is 13.4. The van der Waals surface area contributed by atoms with Gasteiger partial charge in [-0.3, -0.25) is 0 Å². The minimum atomic E-state index is 0.370. The number of hydrogen-bond acceptors (Lipinski definition) is 0. The minimum absolute atomic E-state index is 0.370. The molecular weight excluding hydrogens is 324 g/mol. The minimum Gasteiger partial charge on any atom is -0.0622 e. The standard InChI is InChI=1S/C27H22/c1-4-12-20(13-5-1)25-23-18-10-11-19-24(23)26(21-14-6-2-7-15-21)27(25)22-16-8-3-9-17-22/h1-19,25-27H/t25-,26-/m0/s1. The number of benzene rings is 4. The van der Waals surface area contributed by atoms with Crippen LogP contribution in [0.25, 0.3) is 0 Å². The van der Waals surface area contributed by atoms with E-state index in [4.69, 9.17) is 0 Å². The third kappa shape index (κ3) is 2.78. The van der Waals surface area contributed by atoms with Gasteiger partial charge in [0.25, 0.3) is 0 Å². The molecule has 0 N–H and O–H groups in total. The predicted octanol–water partition coefficient (Wildman–Crippen LogP) is 6.75. The second-order valence-corrected chi connectivity index (χ2v) is 7.34. The lowest BCUT2D eigenvalue weighted by molar-refractivity contribution is 0.596. The van der Waals surface area contributed by atoms with Crippen LogP contribution in [0.2, 0.25) is 0 Å². The maximum atomic E-state index is 2.33. The van der Waals surface area contributed by atoms with Gasteiger partial charge in [0.2, 0.25) is 0 Å². The quantitative estimate of drug-likeness (QED) is 0.385. The number of hydrogen-bond donors (Lipinski definition) is 0. The zero-order valence-electron chi connectivity index (χ0n) is 15.2. The monoisotopic (exact) mass is 346 g/mol. The van der Waals surface area contributed by atoms with E-state index in [1.807, 2.05) is 0 Å². The first-order valence-corrected chi connectivity index (χ1v) is 9.67. The smallest absolute Gasteiger partial charge is 0.0170 e. The van der Waals surface area contributed by atoms with Crippen LogP contribution >= 0.6 is 0 Å². The lowest BCUT2D eigenvalue weighted by Gasteiger charge is -2.27. The van der Waals surface area contributed by atoms with Gasteiger partial charge in [0.05, 0.1) is 0 Å². The van der Waals surface area contributed by atoms with Gasteiger partial charge in [-0.1, -0.05) is 115 Å². The molecule has 27 heavy (non-hydrogen) atoms. The van der Waals surface area contributed by atoms with Crippen molar-refractivity contribution in [2.24, 2.45) is 0 Å². The number of fused-ring (bicyclic) bond motifs is 1. The van der Waals surface area contributed by atoms with Gasteiger partial charge >= 0.3 is 0 Å². The molecule has 0 amide bonds. The average Bonchev–Trinajstić information content (AvgIpc) is 3.11. The Labute approximate surface area is 161 Å². The Kier molecular flexibility index (Phi) is 4.10. The topological polar surface area (TPSA) is 0 Å². The summed E-state index contributed by atoms with van der Waals surface area (Å²) in [5, 5.41) is 0. The number of rotatable bonds is 3. The Hall–Kier alpha value is -3.12. The van der Waals surface area contributed by atoms with Crippen molar-refractivity contribution in [3.05, 3.63) is 143 Å². The van der Waals surface area contributed by atoms with E-state index >= 15 is 0 Å². The summed E-state index contributed by atoms with van der Waals surface area (Å²) < 4.78 is 0. The van der Waals surface area contributed by atoms with Crippen molar-refractivity contribution < 1.29 is 0 Å². The molecule has 0 saturated carbocycles. The molecule has 0 fully saturated rings. The maximum absolute atomic E-state index is 2.33. The largest absolute Gasteiger partial charge is 0.0622 e. The Morgan fingerprint density at radius 2 is 0.667 bits per heavy atom. The molecule has 2 atom stereocenters. The fourth-order valence-electron chi connectivity index (χ4n) is 4.81. The van der Waals surface area contributed by atoms with E-state index in [1.54, 1.807) is 0 Å². The Bertz CT molecular complexity index is 953. The van der Waals surface area contributed by atoms with Crippen molar-refractivity contribution in [1.82, 2.24) is 0 Å². The zero-order chi connectivity index (χ0) is 18.1. The molecule has 1 aliphatic rings. The Balaban J connectivity index is 1.77. The highest BCUT2D eigenvalue weighted by Gasteiger charge is 2.42. The Morgan fingerprint density at radius 1 is 0.333 bits per heavy atom. The van der Waals surface area contributed by atoms with Gasteiger partial charge < -0.3 is 0 Å². The lowest BCUT2D eigenvalue weighted by atomic mass is 9.75. The molecule has 0 radical (unpaired) electrons. The predicted molar refractivity (Wildman–Crippen MR) is 112 cm³/mol. The van der Waals surface area contributed by atoms with Gasteiger partial charge in [0, 0.05) is 17.8 Å². The van der Waals surface area contributed by atoms with Crippen LogP contribution in [0.4, 0.5) is 0 Å². The molecule has 0 spiro atoms. The second-order valence-electron chi connectivity index (χ2n) is 7.34. The van der Waals surface area contributed by atoms with Gasteiger partial charge in [0.1, 0.15) is 0 Å². The van der Waals surface area contributed by atoms with Crippen LogP contribution in [0.15, 0.2) is 115 Å². The van der Waals surface area contributed by atoms with Gasteiger partial charge in [-0.05, 0) is 27.8 Å². The molecule has 0 unspecified atom stereocenters. The Morgan fingerprint density at radius 3 is 1.07 bits per heavy atom. The molecule has 0 heteroatoms. The van der Waals surface area contributed by atoms with Crippen LogP contribution < -0.4 is 0 Å². The molecule has 0 saturated heterocycles. The van der Waals surface area contributed by atoms with Crippen LogP contribution in [0.3, 0.4) is 0 Å². The molecule has 0 nitrogen and oxygen atoms in total. The molecule has 4 aromatic carbocycles. The molecule has 0 aromatic heterocycles. The van der Waals surface area contributed by atoms with E-state index in [0.29, 0.717) is 17.8 Å². The third-order valence-electron chi connectivity index (χ3n) is 5.89. The SMILES string of the molecule is c1ccc(C2[C@@H](c3ccccc3)c3ccccc3[C@@H]2c2ccccc2)cc1. The molecule has 0 heterocycles. The van der Waals surface area contributed by atoms with Crippen molar-refractivity contribution in [2.75, 3.05) is 0 Å². The molecule has 0 bridgehead atoms. The van der Waals surface area contributed by atoms with Crippen molar-refractivity contribution >= 4 is 0 Å². The fourth-order valence-corrected chi connectivity index (χ4v) is 4.81. The summed E-state index contributed by atoms with van der Waals surface area (Å²) in [5.74, 6) is 1.14. The van der Waals surface area contributed by atoms with Crippen molar-refractivity contribution in [3.8, 4) is 0 Å². The van der Waals surface area contributed by atoms with E-state index in [-0.39, 0.29) is 0 Å². The summed E-state index contributed by atoms with van der Waals surface area (Å²) in [5.41, 5.74) is 7.14. The van der Waals surface area contributed by atoms with Crippen LogP contribution in [-0.2, 0) is 0 Å². The molecule has 0 aliphatic heterocycles. The third-order valence-corrected chi connectivity index (χ3v) is 5.89. The average molecular weight is 346 g/mol. The summed E-state index contributed by atoms with van der Waals surface area (Å²) in [7, 11) is 0. The van der Waals surface area contributed by atoms with Gasteiger partial charge in [0.15, 0.2) is 0 Å². The summed E-state index contributed by atoms with van der Waals surface area (Å²) in [4.78, 5) is 0. The second kappa shape index (κ2) is 6.89. The van der Waals surface area contributed by atoms with Crippen molar-refractivity contribution in [3.63, 3.8) is 0 Å². The lowest BCUT2D eigenvalue weighted by Crippen LogP contribution is -2.13. The summed E-state index contributed by atoms with van der Waals surface area (Å²) >= 11 is 0.